The number of phenolic OH excluding ortho intramolecular Hbond substituents is 15. The van der Waals surface area contributed by atoms with Gasteiger partial charge in [0, 0.05) is 6.07 Å². The molecule has 29 nitrogen and oxygen atoms in total. The fourth-order valence-electron chi connectivity index (χ4n) is 7.06. The summed E-state index contributed by atoms with van der Waals surface area (Å²) in [4.78, 5) is 92.3. The molecule has 0 aromatic heterocycles. The van der Waals surface area contributed by atoms with E-state index in [2.05, 4.69) is 0 Å². The highest BCUT2D eigenvalue weighted by Crippen LogP contribution is 2.47. The Morgan fingerprint density at radius 2 is 0.512 bits per heavy atom. The maximum atomic E-state index is 13.5. The van der Waals surface area contributed by atoms with Crippen LogP contribution < -0.4 is 33.2 Å². The van der Waals surface area contributed by atoms with E-state index in [1.54, 1.807) is 18.2 Å². The molecule has 0 spiro atoms. The molecule has 15 N–H and O–H groups in total. The number of carbonyl (C=O) groups excluding carboxylic acids is 7. The molecule has 29 heteroatoms. The van der Waals surface area contributed by atoms with Crippen LogP contribution >= 0.6 is 0 Å². The molecule has 0 atom stereocenters. The minimum absolute atomic E-state index is 0.0928. The van der Waals surface area contributed by atoms with E-state index in [1.165, 1.54) is 12.1 Å². The zero-order valence-electron chi connectivity index (χ0n) is 41.4. The third-order valence-electron chi connectivity index (χ3n) is 11.3. The van der Waals surface area contributed by atoms with E-state index in [9.17, 15) is 110 Å². The number of hydrogen-bond donors (Lipinski definition) is 15. The summed E-state index contributed by atoms with van der Waals surface area (Å²) in [5, 5.41) is 155. The first-order valence-corrected chi connectivity index (χ1v) is 22.9. The SMILES string of the molecule is O=C(Oc1ccccc1)c1cc(O)c(O)c(OC(=O)c2cc(O)c(O)c(OC(=O)c3cc(O)c(O)c(OC(=O)c4cc(O)c(O)c(OC(=O)c5cc(O)c(O)c(OC(=O)c6cc(OC(=O)c7ccc(O)c(O)c7)c(O)c(O)c6O)c5)c4)c3)c2)c1. The van der Waals surface area contributed by atoms with Crippen molar-refractivity contribution in [3.05, 3.63) is 154 Å². The first-order chi connectivity index (χ1) is 39.7. The Morgan fingerprint density at radius 3 is 0.845 bits per heavy atom. The van der Waals surface area contributed by atoms with Gasteiger partial charge in [-0.1, -0.05) is 18.2 Å². The third kappa shape index (κ3) is 11.9. The van der Waals surface area contributed by atoms with Crippen LogP contribution in [0.3, 0.4) is 0 Å². The van der Waals surface area contributed by atoms with Crippen molar-refractivity contribution in [2.24, 2.45) is 0 Å². The molecule has 0 aliphatic heterocycles. The molecule has 0 saturated heterocycles. The zero-order valence-corrected chi connectivity index (χ0v) is 41.4. The first-order valence-electron chi connectivity index (χ1n) is 22.9. The van der Waals surface area contributed by atoms with E-state index >= 15 is 0 Å². The number of para-hydroxylation sites is 1. The molecular formula is C55H34O29. The van der Waals surface area contributed by atoms with Gasteiger partial charge in [-0.25, -0.2) is 33.6 Å². The second kappa shape index (κ2) is 22.8. The van der Waals surface area contributed by atoms with Gasteiger partial charge < -0.3 is 110 Å². The molecule has 0 fully saturated rings. The van der Waals surface area contributed by atoms with Crippen molar-refractivity contribution in [2.45, 2.75) is 0 Å². The van der Waals surface area contributed by atoms with Crippen molar-refractivity contribution in [1.82, 2.24) is 0 Å². The Bertz CT molecular complexity index is 4090. The molecule has 0 radical (unpaired) electrons. The minimum atomic E-state index is -1.74. The van der Waals surface area contributed by atoms with Crippen LogP contribution in [0, 0.1) is 0 Å². The molecule has 84 heavy (non-hydrogen) atoms. The van der Waals surface area contributed by atoms with Gasteiger partial charge in [-0.2, -0.15) is 0 Å². The second-order valence-electron chi connectivity index (χ2n) is 16.9. The monoisotopic (exact) mass is 1160 g/mol. The zero-order chi connectivity index (χ0) is 61.2. The minimum Gasteiger partial charge on any atom is -0.504 e. The molecule has 0 aliphatic rings. The number of rotatable bonds is 14. The van der Waals surface area contributed by atoms with E-state index in [4.69, 9.17) is 33.2 Å². The molecule has 8 aromatic carbocycles. The van der Waals surface area contributed by atoms with Gasteiger partial charge in [0.25, 0.3) is 0 Å². The predicted molar refractivity (Wildman–Crippen MR) is 271 cm³/mol. The fraction of sp³-hybridized carbons (Fsp3) is 0. The van der Waals surface area contributed by atoms with Crippen LogP contribution in [0.2, 0.25) is 0 Å². The highest BCUT2D eigenvalue weighted by molar-refractivity contribution is 6.01. The third-order valence-corrected chi connectivity index (χ3v) is 11.3. The maximum Gasteiger partial charge on any atom is 0.347 e. The molecular weight excluding hydrogens is 1120 g/mol. The molecule has 0 amide bonds. The molecule has 0 unspecified atom stereocenters. The lowest BCUT2D eigenvalue weighted by Crippen LogP contribution is -2.14. The van der Waals surface area contributed by atoms with Gasteiger partial charge in [-0.15, -0.1) is 0 Å². The number of phenols is 15. The van der Waals surface area contributed by atoms with Gasteiger partial charge in [0.1, 0.15) is 11.3 Å². The normalized spacial score (nSPS) is 10.7. The summed E-state index contributed by atoms with van der Waals surface area (Å²) in [7, 11) is 0. The Morgan fingerprint density at radius 1 is 0.226 bits per heavy atom. The molecule has 0 saturated carbocycles. The second-order valence-corrected chi connectivity index (χ2v) is 16.9. The fourth-order valence-corrected chi connectivity index (χ4v) is 7.06. The lowest BCUT2D eigenvalue weighted by Gasteiger charge is -2.14. The number of carbonyl (C=O) groups is 7. The van der Waals surface area contributed by atoms with E-state index in [1.807, 2.05) is 0 Å². The number of hydrogen-bond acceptors (Lipinski definition) is 29. The Balaban J connectivity index is 0.968. The van der Waals surface area contributed by atoms with Gasteiger partial charge in [0.15, 0.2) is 80.5 Å². The average Bonchev–Trinajstić information content (AvgIpc) is 3.64. The molecule has 8 rings (SSSR count). The van der Waals surface area contributed by atoms with Crippen LogP contribution in [0.5, 0.6) is 126 Å². The van der Waals surface area contributed by atoms with Crippen molar-refractivity contribution in [3.8, 4) is 126 Å². The van der Waals surface area contributed by atoms with Crippen molar-refractivity contribution in [2.75, 3.05) is 0 Å². The van der Waals surface area contributed by atoms with Crippen LogP contribution in [0.25, 0.3) is 0 Å². The van der Waals surface area contributed by atoms with Crippen molar-refractivity contribution in [1.29, 1.82) is 0 Å². The van der Waals surface area contributed by atoms with Crippen molar-refractivity contribution in [3.63, 3.8) is 0 Å². The topological polar surface area (TPSA) is 488 Å². The highest BCUT2D eigenvalue weighted by atomic mass is 16.6. The van der Waals surface area contributed by atoms with Crippen LogP contribution in [-0.2, 0) is 0 Å². The summed E-state index contributed by atoms with van der Waals surface area (Å²) < 4.78 is 35.6. The summed E-state index contributed by atoms with van der Waals surface area (Å²) in [6.45, 7) is 0. The van der Waals surface area contributed by atoms with Gasteiger partial charge in [-0.05, 0) is 91.0 Å². The summed E-state index contributed by atoms with van der Waals surface area (Å²) in [6.07, 6.45) is 0. The van der Waals surface area contributed by atoms with E-state index in [0.29, 0.717) is 54.6 Å². The number of esters is 7. The summed E-state index contributed by atoms with van der Waals surface area (Å²) in [5.41, 5.74) is -5.07. The molecule has 428 valence electrons. The molecule has 0 heterocycles. The number of aromatic hydroxyl groups is 15. The number of benzene rings is 8. The highest BCUT2D eigenvalue weighted by Gasteiger charge is 2.30. The Labute approximate surface area is 464 Å². The van der Waals surface area contributed by atoms with Gasteiger partial charge >= 0.3 is 41.8 Å². The smallest absolute Gasteiger partial charge is 0.347 e. The van der Waals surface area contributed by atoms with Crippen LogP contribution in [0.1, 0.15) is 72.5 Å². The quantitative estimate of drug-likeness (QED) is 0.0347. The average molecular weight is 1160 g/mol. The lowest BCUT2D eigenvalue weighted by atomic mass is 10.1. The van der Waals surface area contributed by atoms with Gasteiger partial charge in [0.2, 0.25) is 40.2 Å². The molecule has 0 bridgehead atoms. The van der Waals surface area contributed by atoms with E-state index in [0.717, 1.165) is 30.3 Å². The van der Waals surface area contributed by atoms with Crippen molar-refractivity contribution >= 4 is 41.8 Å². The summed E-state index contributed by atoms with van der Waals surface area (Å²) >= 11 is 0. The molecule has 0 aliphatic carbocycles. The standard InChI is InChI=1S/C55H34O29/c56-28-7-6-20(8-29(28)57)49(71)83-40-19-27(41(63)48(70)47(40)69)55(77)84-39-18-25(13-34(62)46(39)68)54(76)82-38-17-24(12-33(61)45(38)67)53(75)81-37-16-23(11-32(60)44(37)66)52(74)80-36-15-22(10-31(59)43(36)65)51(73)79-35-14-21(9-30(58)42(35)64)50(72)78-26-4-2-1-3-5-26/h1-19,56-70H. The Hall–Kier alpha value is -13.0. The van der Waals surface area contributed by atoms with E-state index in [-0.39, 0.29) is 5.75 Å². The lowest BCUT2D eigenvalue weighted by molar-refractivity contribution is 0.0697. The predicted octanol–water partition coefficient (Wildman–Crippen LogP) is 5.81. The van der Waals surface area contributed by atoms with Gasteiger partial charge in [-0.3, -0.25) is 0 Å². The maximum absolute atomic E-state index is 13.5. The summed E-state index contributed by atoms with van der Waals surface area (Å²) in [5.74, 6) is -33.3. The van der Waals surface area contributed by atoms with Crippen molar-refractivity contribution < 1.29 is 143 Å². The molecule has 8 aromatic rings. The van der Waals surface area contributed by atoms with Crippen LogP contribution in [0.4, 0.5) is 0 Å². The van der Waals surface area contributed by atoms with E-state index < -0.39 is 201 Å². The summed E-state index contributed by atoms with van der Waals surface area (Å²) in [6, 6.07) is 16.8. The van der Waals surface area contributed by atoms with Crippen LogP contribution in [0.15, 0.2) is 115 Å². The van der Waals surface area contributed by atoms with Crippen LogP contribution in [-0.4, -0.2) is 118 Å². The first kappa shape index (κ1) is 57.2. The largest absolute Gasteiger partial charge is 0.504 e. The van der Waals surface area contributed by atoms with Gasteiger partial charge in [0.05, 0.1) is 33.4 Å². The Kier molecular flexibility index (Phi) is 15.5. The number of ether oxygens (including phenoxy) is 7.